The Labute approximate surface area is 183 Å². The number of ether oxygens (including phenoxy) is 1. The minimum Gasteiger partial charge on any atom is -0.472 e. The van der Waals surface area contributed by atoms with E-state index in [1.807, 2.05) is 0 Å². The molecule has 1 aliphatic heterocycles. The molecular formula is C21H19ClF2N6O. The van der Waals surface area contributed by atoms with E-state index in [1.165, 1.54) is 0 Å². The molecule has 2 aliphatic rings. The summed E-state index contributed by atoms with van der Waals surface area (Å²) in [5.41, 5.74) is 2.39. The maximum absolute atomic E-state index is 12.2. The Kier molecular flexibility index (Phi) is 5.90. The lowest BCUT2D eigenvalue weighted by atomic mass is 9.96. The summed E-state index contributed by atoms with van der Waals surface area (Å²) in [6.45, 7) is 1.10. The number of hydrogen-bond donors (Lipinski definition) is 1. The first-order valence-electron chi connectivity index (χ1n) is 9.82. The fourth-order valence-electron chi connectivity index (χ4n) is 3.62. The van der Waals surface area contributed by atoms with Crippen LogP contribution in [-0.4, -0.2) is 40.0 Å². The first kappa shape index (κ1) is 21.2. The Morgan fingerprint density at radius 3 is 2.71 bits per heavy atom. The van der Waals surface area contributed by atoms with Gasteiger partial charge >= 0.3 is 0 Å². The first-order chi connectivity index (χ1) is 14.9. The van der Waals surface area contributed by atoms with Gasteiger partial charge in [-0.1, -0.05) is 17.7 Å². The summed E-state index contributed by atoms with van der Waals surface area (Å²) in [4.78, 5) is 10.6. The molecule has 31 heavy (non-hydrogen) atoms. The second kappa shape index (κ2) is 8.62. The molecule has 0 spiro atoms. The van der Waals surface area contributed by atoms with Gasteiger partial charge in [0.1, 0.15) is 22.6 Å². The van der Waals surface area contributed by atoms with Gasteiger partial charge in [-0.15, -0.1) is 0 Å². The highest BCUT2D eigenvalue weighted by molar-refractivity contribution is 6.30. The van der Waals surface area contributed by atoms with E-state index >= 15 is 0 Å². The third-order valence-electron chi connectivity index (χ3n) is 5.42. The number of nitriles is 2. The average molecular weight is 445 g/mol. The number of aromatic nitrogens is 2. The molecule has 0 bridgehead atoms. The van der Waals surface area contributed by atoms with Crippen molar-refractivity contribution in [3.8, 4) is 18.0 Å². The number of alkyl halides is 2. The molecule has 1 fully saturated rings. The standard InChI is InChI=1S/C21H19ClF2N6O/c22-19-15(7-25)16-10-30(9-13-1-2-18(27-8-13)31-11-17(23)24)6-3-14(16)20(28-19)29-21(12-26)4-5-21/h1-2,8,17H,3-6,9-11H2,(H,28,29). The highest BCUT2D eigenvalue weighted by atomic mass is 35.5. The van der Waals surface area contributed by atoms with Crippen LogP contribution in [0.4, 0.5) is 14.6 Å². The number of pyridine rings is 2. The monoisotopic (exact) mass is 444 g/mol. The number of nitrogens with zero attached hydrogens (tertiary/aromatic N) is 5. The molecule has 2 aromatic heterocycles. The third kappa shape index (κ3) is 4.68. The fourth-order valence-corrected chi connectivity index (χ4v) is 3.86. The summed E-state index contributed by atoms with van der Waals surface area (Å²) in [5, 5.41) is 22.4. The average Bonchev–Trinajstić information content (AvgIpc) is 3.53. The molecule has 0 amide bonds. The molecule has 1 aliphatic carbocycles. The number of anilines is 1. The van der Waals surface area contributed by atoms with E-state index in [4.69, 9.17) is 16.3 Å². The number of rotatable bonds is 7. The zero-order valence-corrected chi connectivity index (χ0v) is 17.3. The van der Waals surface area contributed by atoms with Crippen LogP contribution >= 0.6 is 11.6 Å². The van der Waals surface area contributed by atoms with E-state index in [0.717, 1.165) is 36.1 Å². The first-order valence-corrected chi connectivity index (χ1v) is 10.2. The van der Waals surface area contributed by atoms with Crippen molar-refractivity contribution in [3.63, 3.8) is 0 Å². The summed E-state index contributed by atoms with van der Waals surface area (Å²) in [5.74, 6) is 0.736. The topological polar surface area (TPSA) is 97.9 Å². The van der Waals surface area contributed by atoms with Crippen LogP contribution in [0.3, 0.4) is 0 Å². The van der Waals surface area contributed by atoms with Crippen molar-refractivity contribution in [2.75, 3.05) is 18.5 Å². The lowest BCUT2D eigenvalue weighted by Crippen LogP contribution is -2.32. The van der Waals surface area contributed by atoms with E-state index in [0.29, 0.717) is 30.9 Å². The molecule has 1 N–H and O–H groups in total. The van der Waals surface area contributed by atoms with Crippen molar-refractivity contribution in [3.05, 3.63) is 45.7 Å². The van der Waals surface area contributed by atoms with Gasteiger partial charge in [0.25, 0.3) is 6.43 Å². The molecule has 1 saturated carbocycles. The number of hydrogen-bond acceptors (Lipinski definition) is 7. The molecule has 4 rings (SSSR count). The van der Waals surface area contributed by atoms with Gasteiger partial charge in [0.05, 0.1) is 11.6 Å². The fraction of sp³-hybridized carbons (Fsp3) is 0.429. The van der Waals surface area contributed by atoms with Crippen LogP contribution < -0.4 is 10.1 Å². The van der Waals surface area contributed by atoms with Crippen LogP contribution in [-0.2, 0) is 19.5 Å². The summed E-state index contributed by atoms with van der Waals surface area (Å²) < 4.78 is 29.4. The van der Waals surface area contributed by atoms with E-state index in [1.54, 1.807) is 18.3 Å². The van der Waals surface area contributed by atoms with E-state index in [2.05, 4.69) is 32.3 Å². The minimum atomic E-state index is -2.55. The lowest BCUT2D eigenvalue weighted by molar-refractivity contribution is 0.0795. The second-order valence-corrected chi connectivity index (χ2v) is 8.04. The number of fused-ring (bicyclic) bond motifs is 1. The maximum atomic E-state index is 12.2. The van der Waals surface area contributed by atoms with E-state index in [-0.39, 0.29) is 11.0 Å². The van der Waals surface area contributed by atoms with Gasteiger partial charge in [-0.05, 0) is 30.4 Å². The Bertz CT molecular complexity index is 1060. The zero-order valence-electron chi connectivity index (χ0n) is 16.5. The normalized spacial score (nSPS) is 16.8. The highest BCUT2D eigenvalue weighted by Crippen LogP contribution is 2.40. The molecule has 2 aromatic rings. The maximum Gasteiger partial charge on any atom is 0.272 e. The van der Waals surface area contributed by atoms with Crippen LogP contribution in [0.1, 0.15) is 35.1 Å². The van der Waals surface area contributed by atoms with Crippen LogP contribution in [0, 0.1) is 22.7 Å². The lowest BCUT2D eigenvalue weighted by Gasteiger charge is -2.31. The van der Waals surface area contributed by atoms with Crippen LogP contribution in [0.5, 0.6) is 5.88 Å². The molecule has 0 aromatic carbocycles. The van der Waals surface area contributed by atoms with Crippen LogP contribution in [0.25, 0.3) is 0 Å². The van der Waals surface area contributed by atoms with E-state index < -0.39 is 18.6 Å². The van der Waals surface area contributed by atoms with Crippen molar-refractivity contribution >= 4 is 17.4 Å². The zero-order chi connectivity index (χ0) is 22.0. The molecule has 3 heterocycles. The molecule has 0 atom stereocenters. The molecule has 7 nitrogen and oxygen atoms in total. The third-order valence-corrected chi connectivity index (χ3v) is 5.70. The van der Waals surface area contributed by atoms with Crippen molar-refractivity contribution in [1.82, 2.24) is 14.9 Å². The molecule has 10 heteroatoms. The Hall–Kier alpha value is -3.01. The van der Waals surface area contributed by atoms with Gasteiger partial charge in [0.15, 0.2) is 6.61 Å². The van der Waals surface area contributed by atoms with Gasteiger partial charge in [-0.2, -0.15) is 10.5 Å². The highest BCUT2D eigenvalue weighted by Gasteiger charge is 2.44. The Morgan fingerprint density at radius 2 is 2.10 bits per heavy atom. The van der Waals surface area contributed by atoms with Gasteiger partial charge in [-0.3, -0.25) is 4.90 Å². The van der Waals surface area contributed by atoms with Gasteiger partial charge < -0.3 is 10.1 Å². The molecular weight excluding hydrogens is 426 g/mol. The summed E-state index contributed by atoms with van der Waals surface area (Å²) in [6.07, 6.45) is 1.22. The van der Waals surface area contributed by atoms with Crippen LogP contribution in [0.15, 0.2) is 18.3 Å². The summed E-state index contributed by atoms with van der Waals surface area (Å²) in [6, 6.07) is 7.79. The van der Waals surface area contributed by atoms with Gasteiger partial charge in [-0.25, -0.2) is 18.7 Å². The quantitative estimate of drug-likeness (QED) is 0.650. The predicted molar refractivity (Wildman–Crippen MR) is 109 cm³/mol. The van der Waals surface area contributed by atoms with Crippen molar-refractivity contribution < 1.29 is 13.5 Å². The number of nitrogens with one attached hydrogen (secondary N) is 1. The molecule has 160 valence electrons. The SMILES string of the molecule is N#Cc1c(Cl)nc(NC2(C#N)CC2)c2c1CN(Cc1ccc(OCC(F)F)nc1)CC2. The van der Waals surface area contributed by atoms with Gasteiger partial charge in [0.2, 0.25) is 5.88 Å². The molecule has 0 unspecified atom stereocenters. The smallest absolute Gasteiger partial charge is 0.272 e. The largest absolute Gasteiger partial charge is 0.472 e. The van der Waals surface area contributed by atoms with Crippen molar-refractivity contribution in [2.45, 2.75) is 44.3 Å². The second-order valence-electron chi connectivity index (χ2n) is 7.68. The van der Waals surface area contributed by atoms with Gasteiger partial charge in [0, 0.05) is 37.5 Å². The Balaban J connectivity index is 1.51. The van der Waals surface area contributed by atoms with Crippen LogP contribution in [0.2, 0.25) is 5.15 Å². The summed E-state index contributed by atoms with van der Waals surface area (Å²) in [7, 11) is 0. The summed E-state index contributed by atoms with van der Waals surface area (Å²) >= 11 is 6.28. The molecule has 0 radical (unpaired) electrons. The van der Waals surface area contributed by atoms with Crippen molar-refractivity contribution in [1.29, 1.82) is 10.5 Å². The van der Waals surface area contributed by atoms with Crippen molar-refractivity contribution in [2.24, 2.45) is 0 Å². The number of halogens is 3. The Morgan fingerprint density at radius 1 is 1.29 bits per heavy atom. The van der Waals surface area contributed by atoms with E-state index in [9.17, 15) is 19.3 Å². The minimum absolute atomic E-state index is 0.126. The molecule has 0 saturated heterocycles. The predicted octanol–water partition coefficient (Wildman–Crippen LogP) is 3.67.